The zero-order valence-electron chi connectivity index (χ0n) is 11.2. The molecule has 0 saturated heterocycles. The van der Waals surface area contributed by atoms with E-state index in [0.717, 1.165) is 16.2 Å². The van der Waals surface area contributed by atoms with Crippen LogP contribution in [0, 0.1) is 11.8 Å². The molecule has 0 spiro atoms. The quantitative estimate of drug-likeness (QED) is 0.777. The molecule has 2 N–H and O–H groups in total. The largest absolute Gasteiger partial charge is 0.384 e. The van der Waals surface area contributed by atoms with Crippen LogP contribution in [0.1, 0.15) is 29.5 Å². The Morgan fingerprint density at radius 3 is 3.05 bits per heavy atom. The standard InChI is InChI=1S/C14H19NO3S/c1-11(18-2)5-8-14(17)15-10-13-7-6-12(19-13)4-3-9-16/h6-7,11,16H,5,8-10H2,1-2H3,(H,15,17). The van der Waals surface area contributed by atoms with Crippen molar-refractivity contribution in [3.63, 3.8) is 0 Å². The molecule has 104 valence electrons. The van der Waals surface area contributed by atoms with Crippen LogP contribution in [0.5, 0.6) is 0 Å². The molecule has 0 aromatic carbocycles. The van der Waals surface area contributed by atoms with E-state index in [1.54, 1.807) is 7.11 Å². The number of methoxy groups -OCH3 is 1. The first-order valence-corrected chi connectivity index (χ1v) is 6.95. The van der Waals surface area contributed by atoms with Crippen LogP contribution in [0.3, 0.4) is 0 Å². The Balaban J connectivity index is 2.32. The van der Waals surface area contributed by atoms with E-state index in [9.17, 15) is 4.79 Å². The molecule has 4 nitrogen and oxygen atoms in total. The van der Waals surface area contributed by atoms with Crippen molar-refractivity contribution in [1.29, 1.82) is 0 Å². The van der Waals surface area contributed by atoms with Crippen molar-refractivity contribution in [2.75, 3.05) is 13.7 Å². The second-order valence-electron chi connectivity index (χ2n) is 4.09. The van der Waals surface area contributed by atoms with Gasteiger partial charge in [0.25, 0.3) is 0 Å². The molecule has 1 aromatic heterocycles. The van der Waals surface area contributed by atoms with Gasteiger partial charge in [0.2, 0.25) is 5.91 Å². The van der Waals surface area contributed by atoms with Crippen LogP contribution < -0.4 is 5.32 Å². The molecule has 19 heavy (non-hydrogen) atoms. The highest BCUT2D eigenvalue weighted by Gasteiger charge is 2.06. The van der Waals surface area contributed by atoms with Crippen LogP contribution in [-0.2, 0) is 16.1 Å². The van der Waals surface area contributed by atoms with E-state index in [1.807, 2.05) is 19.1 Å². The molecule has 5 heteroatoms. The summed E-state index contributed by atoms with van der Waals surface area (Å²) in [6, 6.07) is 3.83. The molecule has 0 aliphatic rings. The fraction of sp³-hybridized carbons (Fsp3) is 0.500. The summed E-state index contributed by atoms with van der Waals surface area (Å²) < 4.78 is 5.09. The first-order valence-electron chi connectivity index (χ1n) is 6.13. The molecule has 1 aromatic rings. The molecule has 1 atom stereocenters. The van der Waals surface area contributed by atoms with Crippen molar-refractivity contribution in [3.05, 3.63) is 21.9 Å². The van der Waals surface area contributed by atoms with E-state index in [2.05, 4.69) is 17.2 Å². The number of rotatable bonds is 6. The Morgan fingerprint density at radius 2 is 2.37 bits per heavy atom. The van der Waals surface area contributed by atoms with Crippen LogP contribution >= 0.6 is 11.3 Å². The third-order valence-electron chi connectivity index (χ3n) is 2.59. The van der Waals surface area contributed by atoms with Crippen molar-refractivity contribution >= 4 is 17.2 Å². The lowest BCUT2D eigenvalue weighted by atomic mass is 10.2. The summed E-state index contributed by atoms with van der Waals surface area (Å²) in [6.45, 7) is 2.33. The van der Waals surface area contributed by atoms with Gasteiger partial charge in [-0.05, 0) is 25.5 Å². The Hall–Kier alpha value is -1.35. The molecule has 0 bridgehead atoms. The summed E-state index contributed by atoms with van der Waals surface area (Å²) in [5.41, 5.74) is 0. The SMILES string of the molecule is COC(C)CCC(=O)NCc1ccc(C#CCO)s1. The summed E-state index contributed by atoms with van der Waals surface area (Å²) in [5, 5.41) is 11.5. The number of aliphatic hydroxyl groups is 1. The van der Waals surface area contributed by atoms with Crippen LogP contribution in [0.15, 0.2) is 12.1 Å². The Kier molecular flexibility index (Phi) is 7.19. The average molecular weight is 281 g/mol. The van der Waals surface area contributed by atoms with E-state index in [4.69, 9.17) is 9.84 Å². The Labute approximate surface area is 117 Å². The number of thiophene rings is 1. The minimum Gasteiger partial charge on any atom is -0.384 e. The zero-order valence-corrected chi connectivity index (χ0v) is 12.0. The zero-order chi connectivity index (χ0) is 14.1. The van der Waals surface area contributed by atoms with E-state index in [0.29, 0.717) is 13.0 Å². The molecule has 0 aliphatic carbocycles. The smallest absolute Gasteiger partial charge is 0.220 e. The summed E-state index contributed by atoms with van der Waals surface area (Å²) in [5.74, 6) is 5.46. The molecule has 1 amide bonds. The maximum Gasteiger partial charge on any atom is 0.220 e. The van der Waals surface area contributed by atoms with Gasteiger partial charge in [0, 0.05) is 18.4 Å². The minimum atomic E-state index is -0.137. The monoisotopic (exact) mass is 281 g/mol. The van der Waals surface area contributed by atoms with Gasteiger partial charge >= 0.3 is 0 Å². The maximum atomic E-state index is 11.6. The fourth-order valence-electron chi connectivity index (χ4n) is 1.39. The second kappa shape index (κ2) is 8.70. The molecule has 0 aliphatic heterocycles. The average Bonchev–Trinajstić information content (AvgIpc) is 2.88. The topological polar surface area (TPSA) is 58.6 Å². The predicted molar refractivity (Wildman–Crippen MR) is 75.8 cm³/mol. The van der Waals surface area contributed by atoms with Crippen molar-refractivity contribution in [1.82, 2.24) is 5.32 Å². The first kappa shape index (κ1) is 15.7. The molecule has 1 unspecified atom stereocenters. The van der Waals surface area contributed by atoms with Gasteiger partial charge in [-0.1, -0.05) is 11.8 Å². The van der Waals surface area contributed by atoms with E-state index in [1.165, 1.54) is 11.3 Å². The number of amides is 1. The highest BCUT2D eigenvalue weighted by atomic mass is 32.1. The predicted octanol–water partition coefficient (Wildman–Crippen LogP) is 1.52. The molecule has 0 saturated carbocycles. The number of hydrogen-bond donors (Lipinski definition) is 2. The molecule has 0 fully saturated rings. The number of carbonyl (C=O) groups excluding carboxylic acids is 1. The summed E-state index contributed by atoms with van der Waals surface area (Å²) in [7, 11) is 1.64. The van der Waals surface area contributed by atoms with Gasteiger partial charge in [-0.15, -0.1) is 11.3 Å². The third-order valence-corrected chi connectivity index (χ3v) is 3.59. The number of nitrogens with one attached hydrogen (secondary N) is 1. The first-order chi connectivity index (χ1) is 9.15. The lowest BCUT2D eigenvalue weighted by Gasteiger charge is -2.08. The van der Waals surface area contributed by atoms with Crippen molar-refractivity contribution in [2.45, 2.75) is 32.4 Å². The molecular formula is C14H19NO3S. The van der Waals surface area contributed by atoms with Crippen LogP contribution in [0.25, 0.3) is 0 Å². The number of ether oxygens (including phenoxy) is 1. The minimum absolute atomic E-state index is 0.0280. The van der Waals surface area contributed by atoms with Gasteiger partial charge in [-0.3, -0.25) is 4.79 Å². The van der Waals surface area contributed by atoms with Gasteiger partial charge in [0.15, 0.2) is 0 Å². The van der Waals surface area contributed by atoms with Crippen molar-refractivity contribution < 1.29 is 14.6 Å². The summed E-state index contributed by atoms with van der Waals surface area (Å²) in [4.78, 5) is 13.5. The van der Waals surface area contributed by atoms with Gasteiger partial charge < -0.3 is 15.2 Å². The van der Waals surface area contributed by atoms with E-state index in [-0.39, 0.29) is 18.6 Å². The molecular weight excluding hydrogens is 262 g/mol. The lowest BCUT2D eigenvalue weighted by Crippen LogP contribution is -2.23. The van der Waals surface area contributed by atoms with Crippen LogP contribution in [-0.4, -0.2) is 30.8 Å². The second-order valence-corrected chi connectivity index (χ2v) is 5.26. The normalized spacial score (nSPS) is 11.5. The van der Waals surface area contributed by atoms with Gasteiger partial charge in [0.05, 0.1) is 17.5 Å². The Bertz CT molecular complexity index is 459. The summed E-state index contributed by atoms with van der Waals surface area (Å²) >= 11 is 1.52. The van der Waals surface area contributed by atoms with Crippen molar-refractivity contribution in [3.8, 4) is 11.8 Å². The number of carbonyl (C=O) groups is 1. The van der Waals surface area contributed by atoms with Gasteiger partial charge in [-0.25, -0.2) is 0 Å². The molecule has 0 radical (unpaired) electrons. The highest BCUT2D eigenvalue weighted by Crippen LogP contribution is 2.15. The number of hydrogen-bond acceptors (Lipinski definition) is 4. The van der Waals surface area contributed by atoms with E-state index >= 15 is 0 Å². The maximum absolute atomic E-state index is 11.6. The van der Waals surface area contributed by atoms with Crippen molar-refractivity contribution in [2.24, 2.45) is 0 Å². The van der Waals surface area contributed by atoms with Crippen LogP contribution in [0.4, 0.5) is 0 Å². The van der Waals surface area contributed by atoms with Gasteiger partial charge in [-0.2, -0.15) is 0 Å². The third kappa shape index (κ3) is 6.39. The summed E-state index contributed by atoms with van der Waals surface area (Å²) in [6.07, 6.45) is 1.30. The molecule has 1 heterocycles. The lowest BCUT2D eigenvalue weighted by molar-refractivity contribution is -0.121. The Morgan fingerprint density at radius 1 is 1.58 bits per heavy atom. The fourth-order valence-corrected chi connectivity index (χ4v) is 2.22. The number of aliphatic hydroxyl groups excluding tert-OH is 1. The van der Waals surface area contributed by atoms with Gasteiger partial charge in [0.1, 0.15) is 6.61 Å². The van der Waals surface area contributed by atoms with Crippen LogP contribution in [0.2, 0.25) is 0 Å². The highest BCUT2D eigenvalue weighted by molar-refractivity contribution is 7.12. The van der Waals surface area contributed by atoms with E-state index < -0.39 is 0 Å². The molecule has 1 rings (SSSR count).